The predicted octanol–water partition coefficient (Wildman–Crippen LogP) is 4.44. The molecule has 10 heteroatoms. The lowest BCUT2D eigenvalue weighted by Gasteiger charge is -2.34. The summed E-state index contributed by atoms with van der Waals surface area (Å²) in [7, 11) is 4.12. The maximum atomic E-state index is 12.3. The van der Waals surface area contributed by atoms with Crippen LogP contribution in [0.5, 0.6) is 5.88 Å². The van der Waals surface area contributed by atoms with E-state index >= 15 is 0 Å². The Morgan fingerprint density at radius 1 is 1.08 bits per heavy atom. The quantitative estimate of drug-likeness (QED) is 0.325. The molecule has 3 aromatic heterocycles. The number of aryl methyl sites for hydroxylation is 1. The highest BCUT2D eigenvalue weighted by Crippen LogP contribution is 2.36. The molecule has 1 fully saturated rings. The Balaban J connectivity index is 1.54. The van der Waals surface area contributed by atoms with Crippen molar-refractivity contribution >= 4 is 40.0 Å². The van der Waals surface area contributed by atoms with Crippen molar-refractivity contribution in [3.63, 3.8) is 0 Å². The zero-order chi connectivity index (χ0) is 27.5. The van der Waals surface area contributed by atoms with Crippen LogP contribution in [0.3, 0.4) is 0 Å². The van der Waals surface area contributed by atoms with E-state index in [1.165, 1.54) is 6.08 Å². The van der Waals surface area contributed by atoms with Crippen LogP contribution in [0.25, 0.3) is 22.2 Å². The molecule has 5 rings (SSSR count). The Labute approximate surface area is 228 Å². The summed E-state index contributed by atoms with van der Waals surface area (Å²) in [6.07, 6.45) is 4.92. The van der Waals surface area contributed by atoms with Crippen molar-refractivity contribution < 1.29 is 9.53 Å². The second-order valence-corrected chi connectivity index (χ2v) is 9.92. The number of fused-ring (bicyclic) bond motifs is 1. The maximum absolute atomic E-state index is 12.3. The van der Waals surface area contributed by atoms with E-state index in [1.807, 2.05) is 45.2 Å². The van der Waals surface area contributed by atoms with Crippen molar-refractivity contribution in [1.82, 2.24) is 24.4 Å². The highest BCUT2D eigenvalue weighted by atomic mass is 16.5. The molecule has 1 aliphatic rings. The number of anilines is 4. The van der Waals surface area contributed by atoms with Crippen LogP contribution < -0.4 is 20.3 Å². The molecule has 4 heterocycles. The van der Waals surface area contributed by atoms with Gasteiger partial charge in [-0.2, -0.15) is 4.98 Å². The average molecular weight is 527 g/mol. The fraction of sp³-hybridized carbons (Fsp3) is 0.310. The number of ether oxygens (including phenoxy) is 1. The van der Waals surface area contributed by atoms with Crippen LogP contribution in [0.15, 0.2) is 61.4 Å². The molecule has 0 radical (unpaired) electrons. The first-order valence-corrected chi connectivity index (χ1v) is 13.1. The van der Waals surface area contributed by atoms with Gasteiger partial charge in [0, 0.05) is 62.1 Å². The van der Waals surface area contributed by atoms with Gasteiger partial charge >= 0.3 is 0 Å². The Hall–Kier alpha value is -4.44. The number of pyridine rings is 1. The largest absolute Gasteiger partial charge is 0.473 e. The number of likely N-dealkylation sites (N-methyl/N-ethyl adjacent to an activating group) is 1. The summed E-state index contributed by atoms with van der Waals surface area (Å²) in [6, 6.07) is 11.9. The lowest BCUT2D eigenvalue weighted by molar-refractivity contribution is -0.111. The Bertz CT molecular complexity index is 1500. The maximum Gasteiger partial charge on any atom is 0.247 e. The number of para-hydroxylation sites is 1. The van der Waals surface area contributed by atoms with E-state index < -0.39 is 0 Å². The molecular formula is C29H34N8O2. The van der Waals surface area contributed by atoms with Gasteiger partial charge < -0.3 is 29.7 Å². The monoisotopic (exact) mass is 526 g/mol. The number of aromatic nitrogens is 4. The molecule has 0 saturated carbocycles. The summed E-state index contributed by atoms with van der Waals surface area (Å²) < 4.78 is 8.22. The minimum absolute atomic E-state index is 0.116. The third kappa shape index (κ3) is 5.70. The molecule has 0 aliphatic carbocycles. The third-order valence-electron chi connectivity index (χ3n) is 6.64. The van der Waals surface area contributed by atoms with Crippen LogP contribution in [0.2, 0.25) is 0 Å². The van der Waals surface area contributed by atoms with Crippen molar-refractivity contribution in [2.75, 3.05) is 48.8 Å². The first kappa shape index (κ1) is 26.2. The molecule has 202 valence electrons. The van der Waals surface area contributed by atoms with Crippen molar-refractivity contribution in [3.05, 3.63) is 61.4 Å². The normalized spacial score (nSPS) is 14.0. The average Bonchev–Trinajstić information content (AvgIpc) is 3.27. The van der Waals surface area contributed by atoms with E-state index in [-0.39, 0.29) is 12.0 Å². The molecule has 0 bridgehead atoms. The third-order valence-corrected chi connectivity index (χ3v) is 6.64. The first-order chi connectivity index (χ1) is 18.8. The van der Waals surface area contributed by atoms with Gasteiger partial charge in [-0.05, 0) is 45.2 Å². The van der Waals surface area contributed by atoms with Gasteiger partial charge in [0.1, 0.15) is 5.69 Å². The highest BCUT2D eigenvalue weighted by Gasteiger charge is 2.23. The minimum atomic E-state index is -0.315. The topological polar surface area (TPSA) is 100 Å². The number of nitrogens with zero attached hydrogens (tertiary/aromatic N) is 6. The van der Waals surface area contributed by atoms with E-state index in [4.69, 9.17) is 14.7 Å². The molecule has 0 unspecified atom stereocenters. The van der Waals surface area contributed by atoms with E-state index in [9.17, 15) is 4.79 Å². The fourth-order valence-electron chi connectivity index (χ4n) is 4.66. The summed E-state index contributed by atoms with van der Waals surface area (Å²) in [4.78, 5) is 30.9. The zero-order valence-electron chi connectivity index (χ0n) is 22.8. The lowest BCUT2D eigenvalue weighted by atomic mass is 10.1. The van der Waals surface area contributed by atoms with Crippen molar-refractivity contribution in [2.45, 2.75) is 20.0 Å². The number of carbonyl (C=O) groups excluding carboxylic acids is 1. The van der Waals surface area contributed by atoms with Crippen molar-refractivity contribution in [2.24, 2.45) is 7.05 Å². The summed E-state index contributed by atoms with van der Waals surface area (Å²) in [5.41, 5.74) is 4.04. The Morgan fingerprint density at radius 2 is 1.85 bits per heavy atom. The number of nitrogens with one attached hydrogen (secondary N) is 2. The van der Waals surface area contributed by atoms with Crippen LogP contribution in [-0.4, -0.2) is 69.7 Å². The fourth-order valence-corrected chi connectivity index (χ4v) is 4.66. The van der Waals surface area contributed by atoms with Gasteiger partial charge in [0.25, 0.3) is 0 Å². The van der Waals surface area contributed by atoms with Gasteiger partial charge in [0.05, 0.1) is 17.5 Å². The van der Waals surface area contributed by atoms with Gasteiger partial charge in [-0.3, -0.25) is 4.79 Å². The molecule has 4 aromatic rings. The number of amides is 1. The second kappa shape index (κ2) is 11.1. The molecule has 1 aliphatic heterocycles. The molecule has 1 aromatic carbocycles. The van der Waals surface area contributed by atoms with Crippen molar-refractivity contribution in [3.8, 4) is 17.1 Å². The number of rotatable bonds is 8. The lowest BCUT2D eigenvalue weighted by Crippen LogP contribution is -2.45. The standard InChI is InChI=1S/C29H34N8O2/c1-6-26(38)31-23-17-24(28(39-19(2)3)34-27(23)37-15-13-35(4)14-16-37)33-29-30-12-11-22(32-29)21-18-36(5)25-10-8-7-9-20(21)25/h6-12,17-19H,1,13-16H2,2-5H3,(H,31,38)(H,30,32,33). The van der Waals surface area contributed by atoms with Crippen LogP contribution in [0.4, 0.5) is 23.1 Å². The Morgan fingerprint density at radius 3 is 2.59 bits per heavy atom. The summed E-state index contributed by atoms with van der Waals surface area (Å²) >= 11 is 0. The smallest absolute Gasteiger partial charge is 0.247 e. The molecule has 1 amide bonds. The SMILES string of the molecule is C=CC(=O)Nc1cc(Nc2nccc(-c3cn(C)c4ccccc34)n2)c(OC(C)C)nc1N1CCN(C)CC1. The molecule has 2 N–H and O–H groups in total. The molecule has 10 nitrogen and oxygen atoms in total. The van der Waals surface area contributed by atoms with Gasteiger partial charge in [-0.1, -0.05) is 24.8 Å². The van der Waals surface area contributed by atoms with Gasteiger partial charge in [-0.25, -0.2) is 9.97 Å². The molecule has 0 atom stereocenters. The number of piperazine rings is 1. The van der Waals surface area contributed by atoms with Crippen LogP contribution in [0, 0.1) is 0 Å². The first-order valence-electron chi connectivity index (χ1n) is 13.1. The highest BCUT2D eigenvalue weighted by molar-refractivity contribution is 6.01. The van der Waals surface area contributed by atoms with E-state index in [0.717, 1.165) is 48.3 Å². The summed E-state index contributed by atoms with van der Waals surface area (Å²) in [5, 5.41) is 7.33. The molecule has 39 heavy (non-hydrogen) atoms. The van der Waals surface area contributed by atoms with E-state index in [0.29, 0.717) is 29.0 Å². The number of hydrogen-bond acceptors (Lipinski definition) is 8. The van der Waals surface area contributed by atoms with Crippen molar-refractivity contribution in [1.29, 1.82) is 0 Å². The predicted molar refractivity (Wildman–Crippen MR) is 156 cm³/mol. The molecule has 1 saturated heterocycles. The Kier molecular flexibility index (Phi) is 7.47. The molecule has 0 spiro atoms. The minimum Gasteiger partial charge on any atom is -0.473 e. The van der Waals surface area contributed by atoms with Gasteiger partial charge in [0.15, 0.2) is 5.82 Å². The van der Waals surface area contributed by atoms with Crippen LogP contribution >= 0.6 is 0 Å². The summed E-state index contributed by atoms with van der Waals surface area (Å²) in [6.45, 7) is 10.9. The number of benzene rings is 1. The van der Waals surface area contributed by atoms with E-state index in [1.54, 1.807) is 6.20 Å². The van der Waals surface area contributed by atoms with Gasteiger partial charge in [-0.15, -0.1) is 0 Å². The van der Waals surface area contributed by atoms with Crippen LogP contribution in [0.1, 0.15) is 13.8 Å². The number of hydrogen-bond donors (Lipinski definition) is 2. The van der Waals surface area contributed by atoms with Crippen LogP contribution in [-0.2, 0) is 11.8 Å². The van der Waals surface area contributed by atoms with E-state index in [2.05, 4.69) is 61.9 Å². The van der Waals surface area contributed by atoms with Gasteiger partial charge in [0.2, 0.25) is 17.7 Å². The zero-order valence-corrected chi connectivity index (χ0v) is 22.8. The second-order valence-electron chi connectivity index (χ2n) is 9.92. The number of carbonyl (C=O) groups is 1. The summed E-state index contributed by atoms with van der Waals surface area (Å²) in [5.74, 6) is 1.15. The molecular weight excluding hydrogens is 492 g/mol.